The molecule has 4 rings (SSSR count). The number of para-hydroxylation sites is 2. The van der Waals surface area contributed by atoms with Gasteiger partial charge < -0.3 is 8.98 Å². The zero-order valence-corrected chi connectivity index (χ0v) is 12.3. The van der Waals surface area contributed by atoms with Gasteiger partial charge in [0.15, 0.2) is 11.6 Å². The van der Waals surface area contributed by atoms with Gasteiger partial charge in [0.25, 0.3) is 0 Å². The third kappa shape index (κ3) is 2.02. The first-order valence-corrected chi connectivity index (χ1v) is 7.40. The van der Waals surface area contributed by atoms with Crippen LogP contribution in [0.25, 0.3) is 22.6 Å². The van der Waals surface area contributed by atoms with Crippen LogP contribution in [0.4, 0.5) is 0 Å². The highest BCUT2D eigenvalue weighted by atomic mass is 16.3. The minimum atomic E-state index is 0.175. The number of imidazole rings is 1. The first kappa shape index (κ1) is 12.9. The maximum absolute atomic E-state index is 5.59. The molecule has 0 N–H and O–H groups in total. The Morgan fingerprint density at radius 2 is 1.68 bits per heavy atom. The summed E-state index contributed by atoms with van der Waals surface area (Å²) in [6, 6.07) is 22.7. The van der Waals surface area contributed by atoms with Gasteiger partial charge in [-0.3, -0.25) is 0 Å². The number of furan rings is 1. The van der Waals surface area contributed by atoms with Crippen LogP contribution in [0, 0.1) is 0 Å². The largest absolute Gasteiger partial charge is 0.461 e. The molecule has 4 aromatic rings. The van der Waals surface area contributed by atoms with Crippen LogP contribution in [0.5, 0.6) is 0 Å². The van der Waals surface area contributed by atoms with Gasteiger partial charge in [-0.1, -0.05) is 42.5 Å². The van der Waals surface area contributed by atoms with Gasteiger partial charge >= 0.3 is 0 Å². The predicted molar refractivity (Wildman–Crippen MR) is 87.7 cm³/mol. The summed E-state index contributed by atoms with van der Waals surface area (Å²) in [6.45, 7) is 2.19. The summed E-state index contributed by atoms with van der Waals surface area (Å²) in [4.78, 5) is 4.77. The van der Waals surface area contributed by atoms with E-state index in [0.717, 1.165) is 22.6 Å². The van der Waals surface area contributed by atoms with Crippen molar-refractivity contribution < 1.29 is 4.42 Å². The molecule has 0 amide bonds. The van der Waals surface area contributed by atoms with E-state index >= 15 is 0 Å². The summed E-state index contributed by atoms with van der Waals surface area (Å²) in [7, 11) is 0. The summed E-state index contributed by atoms with van der Waals surface area (Å²) < 4.78 is 7.83. The van der Waals surface area contributed by atoms with E-state index in [1.807, 2.05) is 36.4 Å². The van der Waals surface area contributed by atoms with E-state index in [1.165, 1.54) is 5.56 Å². The lowest BCUT2D eigenvalue weighted by Gasteiger charge is -2.17. The molecule has 2 heterocycles. The molecule has 0 aliphatic rings. The van der Waals surface area contributed by atoms with E-state index in [2.05, 4.69) is 41.8 Å². The first-order chi connectivity index (χ1) is 10.8. The molecule has 0 spiro atoms. The second-order valence-corrected chi connectivity index (χ2v) is 5.36. The summed E-state index contributed by atoms with van der Waals surface area (Å²) in [5.41, 5.74) is 3.35. The standard InChI is InChI=1S/C19H16N2O/c1-14(15-8-3-2-4-9-15)21-17-11-6-5-10-16(17)20-19(21)18-12-7-13-22-18/h2-14H,1H3. The van der Waals surface area contributed by atoms with E-state index < -0.39 is 0 Å². The third-order valence-electron chi connectivity index (χ3n) is 4.01. The lowest BCUT2D eigenvalue weighted by molar-refractivity contribution is 0.564. The van der Waals surface area contributed by atoms with Crippen molar-refractivity contribution in [1.29, 1.82) is 0 Å². The highest BCUT2D eigenvalue weighted by molar-refractivity contribution is 5.80. The van der Waals surface area contributed by atoms with Crippen LogP contribution in [0.2, 0.25) is 0 Å². The SMILES string of the molecule is CC(c1ccccc1)n1c(-c2ccco2)nc2ccccc21. The van der Waals surface area contributed by atoms with Crippen LogP contribution < -0.4 is 0 Å². The van der Waals surface area contributed by atoms with Crippen LogP contribution in [-0.2, 0) is 0 Å². The Labute approximate surface area is 128 Å². The molecule has 3 heteroatoms. The topological polar surface area (TPSA) is 31.0 Å². The monoisotopic (exact) mass is 288 g/mol. The minimum Gasteiger partial charge on any atom is -0.461 e. The fraction of sp³-hybridized carbons (Fsp3) is 0.105. The first-order valence-electron chi connectivity index (χ1n) is 7.40. The maximum Gasteiger partial charge on any atom is 0.177 e. The molecule has 0 fully saturated rings. The lowest BCUT2D eigenvalue weighted by Crippen LogP contribution is -2.08. The Balaban J connectivity index is 1.97. The average molecular weight is 288 g/mol. The predicted octanol–water partition coefficient (Wildman–Crippen LogP) is 4.91. The van der Waals surface area contributed by atoms with Gasteiger partial charge in [-0.05, 0) is 36.8 Å². The third-order valence-corrected chi connectivity index (χ3v) is 4.01. The summed E-state index contributed by atoms with van der Waals surface area (Å²) in [5.74, 6) is 1.65. The Morgan fingerprint density at radius 3 is 2.45 bits per heavy atom. The molecule has 2 aromatic heterocycles. The summed E-state index contributed by atoms with van der Waals surface area (Å²) >= 11 is 0. The average Bonchev–Trinajstić information content (AvgIpc) is 3.22. The number of fused-ring (bicyclic) bond motifs is 1. The lowest BCUT2D eigenvalue weighted by atomic mass is 10.1. The molecule has 0 aliphatic carbocycles. The maximum atomic E-state index is 5.59. The van der Waals surface area contributed by atoms with E-state index in [1.54, 1.807) is 6.26 Å². The quantitative estimate of drug-likeness (QED) is 0.536. The molecule has 3 nitrogen and oxygen atoms in total. The fourth-order valence-corrected chi connectivity index (χ4v) is 2.90. The molecule has 22 heavy (non-hydrogen) atoms. The molecular weight excluding hydrogens is 272 g/mol. The number of nitrogens with zero attached hydrogens (tertiary/aromatic N) is 2. The molecule has 2 aromatic carbocycles. The summed E-state index contributed by atoms with van der Waals surface area (Å²) in [5, 5.41) is 0. The molecule has 1 unspecified atom stereocenters. The smallest absolute Gasteiger partial charge is 0.177 e. The van der Waals surface area contributed by atoms with Crippen molar-refractivity contribution in [2.24, 2.45) is 0 Å². The minimum absolute atomic E-state index is 0.175. The Kier molecular flexibility index (Phi) is 3.04. The Bertz CT molecular complexity index is 892. The highest BCUT2D eigenvalue weighted by Gasteiger charge is 2.19. The van der Waals surface area contributed by atoms with Crippen molar-refractivity contribution >= 4 is 11.0 Å². The second-order valence-electron chi connectivity index (χ2n) is 5.36. The van der Waals surface area contributed by atoms with E-state index in [9.17, 15) is 0 Å². The van der Waals surface area contributed by atoms with Crippen LogP contribution >= 0.6 is 0 Å². The Hall–Kier alpha value is -2.81. The van der Waals surface area contributed by atoms with Gasteiger partial charge in [0, 0.05) is 0 Å². The molecule has 0 saturated carbocycles. The van der Waals surface area contributed by atoms with Gasteiger partial charge in [-0.2, -0.15) is 0 Å². The van der Waals surface area contributed by atoms with Gasteiger partial charge in [-0.15, -0.1) is 0 Å². The number of benzene rings is 2. The van der Waals surface area contributed by atoms with Crippen molar-refractivity contribution in [1.82, 2.24) is 9.55 Å². The van der Waals surface area contributed by atoms with Crippen molar-refractivity contribution in [3.05, 3.63) is 78.6 Å². The van der Waals surface area contributed by atoms with Gasteiger partial charge in [0.1, 0.15) is 0 Å². The van der Waals surface area contributed by atoms with Gasteiger partial charge in [0.2, 0.25) is 0 Å². The van der Waals surface area contributed by atoms with E-state index in [0.29, 0.717) is 0 Å². The number of hydrogen-bond donors (Lipinski definition) is 0. The molecule has 108 valence electrons. The molecule has 0 radical (unpaired) electrons. The van der Waals surface area contributed by atoms with Crippen molar-refractivity contribution in [3.63, 3.8) is 0 Å². The van der Waals surface area contributed by atoms with Crippen molar-refractivity contribution in [2.45, 2.75) is 13.0 Å². The second kappa shape index (κ2) is 5.19. The van der Waals surface area contributed by atoms with Crippen LogP contribution in [0.3, 0.4) is 0 Å². The zero-order chi connectivity index (χ0) is 14.9. The molecule has 0 saturated heterocycles. The summed E-state index contributed by atoms with van der Waals surface area (Å²) in [6.07, 6.45) is 1.69. The van der Waals surface area contributed by atoms with Crippen LogP contribution in [0.15, 0.2) is 77.4 Å². The van der Waals surface area contributed by atoms with Crippen molar-refractivity contribution in [3.8, 4) is 11.6 Å². The van der Waals surface area contributed by atoms with Crippen molar-refractivity contribution in [2.75, 3.05) is 0 Å². The van der Waals surface area contributed by atoms with E-state index in [-0.39, 0.29) is 6.04 Å². The van der Waals surface area contributed by atoms with E-state index in [4.69, 9.17) is 9.40 Å². The molecule has 0 aliphatic heterocycles. The molecule has 0 bridgehead atoms. The fourth-order valence-electron chi connectivity index (χ4n) is 2.90. The van der Waals surface area contributed by atoms with Gasteiger partial charge in [0.05, 0.1) is 23.3 Å². The van der Waals surface area contributed by atoms with Gasteiger partial charge in [-0.25, -0.2) is 4.98 Å². The highest BCUT2D eigenvalue weighted by Crippen LogP contribution is 2.31. The van der Waals surface area contributed by atoms with Crippen LogP contribution in [0.1, 0.15) is 18.5 Å². The van der Waals surface area contributed by atoms with Crippen LogP contribution in [-0.4, -0.2) is 9.55 Å². The normalized spacial score (nSPS) is 12.6. The number of aromatic nitrogens is 2. The molecule has 1 atom stereocenters. The zero-order valence-electron chi connectivity index (χ0n) is 12.3. The Morgan fingerprint density at radius 1 is 0.909 bits per heavy atom. The number of rotatable bonds is 3. The molecular formula is C19H16N2O. The number of hydrogen-bond acceptors (Lipinski definition) is 2.